The summed E-state index contributed by atoms with van der Waals surface area (Å²) in [5.74, 6) is 1.44. The lowest BCUT2D eigenvalue weighted by Gasteiger charge is -2.23. The van der Waals surface area contributed by atoms with E-state index < -0.39 is 0 Å². The molecule has 1 heterocycles. The summed E-state index contributed by atoms with van der Waals surface area (Å²) in [4.78, 5) is 0. The zero-order valence-corrected chi connectivity index (χ0v) is 11.3. The van der Waals surface area contributed by atoms with E-state index in [4.69, 9.17) is 26.8 Å². The summed E-state index contributed by atoms with van der Waals surface area (Å²) < 4.78 is 11.4. The van der Waals surface area contributed by atoms with E-state index in [1.807, 2.05) is 19.1 Å². The number of halogens is 1. The van der Waals surface area contributed by atoms with Crippen LogP contribution in [0.3, 0.4) is 0 Å². The van der Waals surface area contributed by atoms with Crippen molar-refractivity contribution in [2.45, 2.75) is 37.6 Å². The molecule has 3 nitrogen and oxygen atoms in total. The highest BCUT2D eigenvalue weighted by molar-refractivity contribution is 6.33. The van der Waals surface area contributed by atoms with E-state index in [1.165, 1.54) is 0 Å². The molecular formula is C14H18ClNO2. The van der Waals surface area contributed by atoms with Crippen LogP contribution in [0.1, 0.15) is 31.7 Å². The number of nitrogens with two attached hydrogens (primary N) is 1. The standard InChI is InChI=1S/C14H18ClNO2/c1-9(16)14(5-6-14)10-3-4-11-13(12(10)15)18-8-2-7-17-11/h3-4,9H,2,5-8,16H2,1H3. The molecule has 0 bridgehead atoms. The van der Waals surface area contributed by atoms with Crippen molar-refractivity contribution in [3.8, 4) is 11.5 Å². The number of benzene rings is 1. The van der Waals surface area contributed by atoms with Crippen LogP contribution in [0.2, 0.25) is 5.02 Å². The topological polar surface area (TPSA) is 44.5 Å². The van der Waals surface area contributed by atoms with E-state index >= 15 is 0 Å². The lowest BCUT2D eigenvalue weighted by atomic mass is 9.89. The van der Waals surface area contributed by atoms with Crippen molar-refractivity contribution in [2.75, 3.05) is 13.2 Å². The maximum atomic E-state index is 6.51. The van der Waals surface area contributed by atoms with Crippen LogP contribution in [0.5, 0.6) is 11.5 Å². The Labute approximate surface area is 112 Å². The second kappa shape index (κ2) is 4.32. The fraction of sp³-hybridized carbons (Fsp3) is 0.571. The molecule has 1 aliphatic carbocycles. The summed E-state index contributed by atoms with van der Waals surface area (Å²) in [6.45, 7) is 3.38. The number of ether oxygens (including phenoxy) is 2. The van der Waals surface area contributed by atoms with Crippen molar-refractivity contribution in [1.29, 1.82) is 0 Å². The van der Waals surface area contributed by atoms with Gasteiger partial charge in [-0.15, -0.1) is 0 Å². The molecule has 0 spiro atoms. The van der Waals surface area contributed by atoms with Gasteiger partial charge in [-0.05, 0) is 31.4 Å². The highest BCUT2D eigenvalue weighted by atomic mass is 35.5. The Balaban J connectivity index is 2.05. The second-order valence-electron chi connectivity index (χ2n) is 5.25. The minimum atomic E-state index is 0.0434. The molecule has 4 heteroatoms. The molecule has 98 valence electrons. The van der Waals surface area contributed by atoms with Crippen molar-refractivity contribution < 1.29 is 9.47 Å². The first-order chi connectivity index (χ1) is 8.65. The van der Waals surface area contributed by atoms with Gasteiger partial charge < -0.3 is 15.2 Å². The fourth-order valence-electron chi connectivity index (χ4n) is 2.69. The summed E-state index contributed by atoms with van der Waals surface area (Å²) in [5, 5.41) is 0.684. The van der Waals surface area contributed by atoms with E-state index in [2.05, 4.69) is 0 Å². The average Bonchev–Trinajstić information content (AvgIpc) is 3.13. The third-order valence-corrected chi connectivity index (χ3v) is 4.43. The maximum Gasteiger partial charge on any atom is 0.180 e. The number of fused-ring (bicyclic) bond motifs is 1. The first-order valence-corrected chi connectivity index (χ1v) is 6.87. The summed E-state index contributed by atoms with van der Waals surface area (Å²) in [7, 11) is 0. The van der Waals surface area contributed by atoms with Crippen molar-refractivity contribution in [3.63, 3.8) is 0 Å². The van der Waals surface area contributed by atoms with Crippen LogP contribution in [-0.2, 0) is 5.41 Å². The van der Waals surface area contributed by atoms with Crippen molar-refractivity contribution in [2.24, 2.45) is 5.73 Å². The highest BCUT2D eigenvalue weighted by Crippen LogP contribution is 2.55. The first-order valence-electron chi connectivity index (χ1n) is 6.49. The van der Waals surface area contributed by atoms with E-state index in [0.29, 0.717) is 24.0 Å². The predicted molar refractivity (Wildman–Crippen MR) is 71.6 cm³/mol. The van der Waals surface area contributed by atoms with Crippen molar-refractivity contribution >= 4 is 11.6 Å². The molecule has 1 aromatic carbocycles. The van der Waals surface area contributed by atoms with Gasteiger partial charge in [-0.25, -0.2) is 0 Å². The molecule has 1 atom stereocenters. The van der Waals surface area contributed by atoms with Gasteiger partial charge in [0.25, 0.3) is 0 Å². The van der Waals surface area contributed by atoms with Gasteiger partial charge >= 0.3 is 0 Å². The Bertz CT molecular complexity index is 469. The quantitative estimate of drug-likeness (QED) is 0.896. The Hall–Kier alpha value is -0.930. The molecule has 1 saturated carbocycles. The number of hydrogen-bond acceptors (Lipinski definition) is 3. The Kier molecular flexibility index (Phi) is 2.91. The Morgan fingerprint density at radius 3 is 2.67 bits per heavy atom. The minimum Gasteiger partial charge on any atom is -0.490 e. The van der Waals surface area contributed by atoms with E-state index in [9.17, 15) is 0 Å². The number of rotatable bonds is 2. The molecule has 0 amide bonds. The average molecular weight is 268 g/mol. The third kappa shape index (κ3) is 1.77. The fourth-order valence-corrected chi connectivity index (χ4v) is 3.09. The molecule has 18 heavy (non-hydrogen) atoms. The lowest BCUT2D eigenvalue weighted by Crippen LogP contribution is -2.31. The van der Waals surface area contributed by atoms with Crippen LogP contribution >= 0.6 is 11.6 Å². The maximum absolute atomic E-state index is 6.51. The van der Waals surface area contributed by atoms with Crippen LogP contribution in [0.15, 0.2) is 12.1 Å². The normalized spacial score (nSPS) is 22.2. The van der Waals surface area contributed by atoms with Crippen LogP contribution in [0.25, 0.3) is 0 Å². The van der Waals surface area contributed by atoms with Gasteiger partial charge in [-0.3, -0.25) is 0 Å². The summed E-state index contributed by atoms with van der Waals surface area (Å²) in [6, 6.07) is 4.12. The third-order valence-electron chi connectivity index (χ3n) is 4.05. The van der Waals surface area contributed by atoms with Gasteiger partial charge in [-0.1, -0.05) is 17.7 Å². The van der Waals surface area contributed by atoms with Gasteiger partial charge in [0, 0.05) is 17.9 Å². The van der Waals surface area contributed by atoms with E-state index in [0.717, 1.165) is 30.6 Å². The van der Waals surface area contributed by atoms with Crippen LogP contribution < -0.4 is 15.2 Å². The van der Waals surface area contributed by atoms with Crippen molar-refractivity contribution in [1.82, 2.24) is 0 Å². The molecule has 1 unspecified atom stereocenters. The molecule has 1 aliphatic heterocycles. The largest absolute Gasteiger partial charge is 0.490 e. The molecule has 0 aromatic heterocycles. The molecular weight excluding hydrogens is 250 g/mol. The SMILES string of the molecule is CC(N)C1(c2ccc3c(c2Cl)OCCCO3)CC1. The van der Waals surface area contributed by atoms with Gasteiger partial charge in [0.05, 0.1) is 18.2 Å². The molecule has 1 fully saturated rings. The zero-order valence-electron chi connectivity index (χ0n) is 10.5. The van der Waals surface area contributed by atoms with E-state index in [1.54, 1.807) is 0 Å². The summed E-state index contributed by atoms with van der Waals surface area (Å²) >= 11 is 6.51. The highest BCUT2D eigenvalue weighted by Gasteiger charge is 2.49. The van der Waals surface area contributed by atoms with Gasteiger partial charge in [0.2, 0.25) is 0 Å². The predicted octanol–water partition coefficient (Wildman–Crippen LogP) is 2.88. The molecule has 1 aromatic rings. The molecule has 0 saturated heterocycles. The van der Waals surface area contributed by atoms with Gasteiger partial charge in [0.1, 0.15) is 0 Å². The minimum absolute atomic E-state index is 0.0434. The molecule has 2 N–H and O–H groups in total. The summed E-state index contributed by atoms with van der Waals surface area (Å²) in [5.41, 5.74) is 7.27. The first kappa shape index (κ1) is 12.1. The molecule has 0 radical (unpaired) electrons. The zero-order chi connectivity index (χ0) is 12.8. The van der Waals surface area contributed by atoms with Gasteiger partial charge in [-0.2, -0.15) is 0 Å². The van der Waals surface area contributed by atoms with Crippen LogP contribution in [0, 0.1) is 0 Å². The smallest absolute Gasteiger partial charge is 0.180 e. The monoisotopic (exact) mass is 267 g/mol. The lowest BCUT2D eigenvalue weighted by molar-refractivity contribution is 0.297. The van der Waals surface area contributed by atoms with Crippen LogP contribution in [0.4, 0.5) is 0 Å². The number of hydrogen-bond donors (Lipinski definition) is 1. The molecule has 2 aliphatic rings. The summed E-state index contributed by atoms with van der Waals surface area (Å²) in [6.07, 6.45) is 3.09. The van der Waals surface area contributed by atoms with Crippen molar-refractivity contribution in [3.05, 3.63) is 22.7 Å². The Morgan fingerprint density at radius 2 is 2.00 bits per heavy atom. The second-order valence-corrected chi connectivity index (χ2v) is 5.63. The Morgan fingerprint density at radius 1 is 1.28 bits per heavy atom. The van der Waals surface area contributed by atoms with Crippen LogP contribution in [-0.4, -0.2) is 19.3 Å². The van der Waals surface area contributed by atoms with Gasteiger partial charge in [0.15, 0.2) is 11.5 Å². The van der Waals surface area contributed by atoms with E-state index in [-0.39, 0.29) is 11.5 Å². The molecule has 3 rings (SSSR count).